The van der Waals surface area contributed by atoms with Crippen LogP contribution in [0.15, 0.2) is 65.8 Å². The lowest BCUT2D eigenvalue weighted by molar-refractivity contribution is 0.291. The summed E-state index contributed by atoms with van der Waals surface area (Å²) in [5.41, 5.74) is 2.61. The summed E-state index contributed by atoms with van der Waals surface area (Å²) in [6.45, 7) is 2.32. The minimum Gasteiger partial charge on any atom is -0.486 e. The van der Waals surface area contributed by atoms with Crippen LogP contribution >= 0.6 is 11.8 Å². The number of hydrogen-bond acceptors (Lipinski definition) is 4. The molecular formula is C21H25N3OS. The molecule has 0 N–H and O–H groups in total. The summed E-state index contributed by atoms with van der Waals surface area (Å²) in [6.07, 6.45) is 5.81. The molecule has 0 aliphatic rings. The largest absolute Gasteiger partial charge is 0.486 e. The lowest BCUT2D eigenvalue weighted by atomic mass is 10.2. The summed E-state index contributed by atoms with van der Waals surface area (Å²) >= 11 is 1.77. The highest BCUT2D eigenvalue weighted by molar-refractivity contribution is 7.98. The van der Waals surface area contributed by atoms with Crippen molar-refractivity contribution < 1.29 is 4.74 Å². The number of aromatic nitrogens is 2. The van der Waals surface area contributed by atoms with Gasteiger partial charge in [-0.1, -0.05) is 24.3 Å². The van der Waals surface area contributed by atoms with Crippen LogP contribution in [-0.4, -0.2) is 27.8 Å². The number of ether oxygens (including phenoxy) is 1. The Balaban J connectivity index is 1.50. The molecule has 0 saturated heterocycles. The molecule has 0 unspecified atom stereocenters. The first kappa shape index (κ1) is 18.5. The van der Waals surface area contributed by atoms with Gasteiger partial charge in [-0.3, -0.25) is 4.90 Å². The van der Waals surface area contributed by atoms with E-state index < -0.39 is 0 Å². The molecule has 0 radical (unpaired) electrons. The molecule has 0 aliphatic heterocycles. The number of thioether (sulfide) groups is 1. The van der Waals surface area contributed by atoms with Crippen molar-refractivity contribution in [3.8, 4) is 5.75 Å². The van der Waals surface area contributed by atoms with Crippen LogP contribution in [0.2, 0.25) is 0 Å². The van der Waals surface area contributed by atoms with Crippen LogP contribution in [0.4, 0.5) is 0 Å². The highest BCUT2D eigenvalue weighted by Crippen LogP contribution is 2.18. The van der Waals surface area contributed by atoms with Crippen LogP contribution in [-0.2, 0) is 26.7 Å². The van der Waals surface area contributed by atoms with E-state index in [9.17, 15) is 0 Å². The summed E-state index contributed by atoms with van der Waals surface area (Å²) in [4.78, 5) is 7.89. The smallest absolute Gasteiger partial charge is 0.146 e. The highest BCUT2D eigenvalue weighted by Gasteiger charge is 2.04. The molecule has 26 heavy (non-hydrogen) atoms. The summed E-state index contributed by atoms with van der Waals surface area (Å²) in [5, 5.41) is 0. The zero-order chi connectivity index (χ0) is 18.4. The van der Waals surface area contributed by atoms with Gasteiger partial charge in [0.2, 0.25) is 0 Å². The Hall–Kier alpha value is -2.24. The minimum absolute atomic E-state index is 0.481. The van der Waals surface area contributed by atoms with Gasteiger partial charge in [0.15, 0.2) is 0 Å². The lowest BCUT2D eigenvalue weighted by Crippen LogP contribution is -2.17. The van der Waals surface area contributed by atoms with Gasteiger partial charge in [0.1, 0.15) is 18.2 Å². The molecule has 1 aromatic heterocycles. The minimum atomic E-state index is 0.481. The van der Waals surface area contributed by atoms with Crippen molar-refractivity contribution in [2.45, 2.75) is 24.6 Å². The number of rotatable bonds is 8. The Morgan fingerprint density at radius 3 is 2.15 bits per heavy atom. The van der Waals surface area contributed by atoms with Gasteiger partial charge < -0.3 is 9.30 Å². The van der Waals surface area contributed by atoms with Crippen LogP contribution in [0.5, 0.6) is 5.75 Å². The maximum atomic E-state index is 5.81. The van der Waals surface area contributed by atoms with Crippen LogP contribution in [0.1, 0.15) is 17.0 Å². The number of aryl methyl sites for hydroxylation is 1. The predicted octanol–water partition coefficient (Wildman–Crippen LogP) is 4.35. The van der Waals surface area contributed by atoms with Gasteiger partial charge in [0.05, 0.1) is 0 Å². The molecule has 0 fully saturated rings. The summed E-state index contributed by atoms with van der Waals surface area (Å²) in [6, 6.07) is 17.1. The van der Waals surface area contributed by atoms with Gasteiger partial charge in [-0.2, -0.15) is 0 Å². The van der Waals surface area contributed by atoms with Crippen molar-refractivity contribution in [2.24, 2.45) is 7.05 Å². The van der Waals surface area contributed by atoms with Crippen molar-refractivity contribution in [3.63, 3.8) is 0 Å². The molecule has 0 saturated carbocycles. The van der Waals surface area contributed by atoms with E-state index >= 15 is 0 Å². The average Bonchev–Trinajstić information content (AvgIpc) is 3.06. The monoisotopic (exact) mass is 367 g/mol. The molecular weight excluding hydrogens is 342 g/mol. The molecule has 0 bridgehead atoms. The topological polar surface area (TPSA) is 30.3 Å². The van der Waals surface area contributed by atoms with Gasteiger partial charge in [0, 0.05) is 37.4 Å². The molecule has 0 atom stereocenters. The third kappa shape index (κ3) is 5.13. The number of nitrogens with zero attached hydrogens (tertiary/aromatic N) is 3. The second-order valence-corrected chi connectivity index (χ2v) is 7.29. The molecule has 4 nitrogen and oxygen atoms in total. The molecule has 0 spiro atoms. The van der Waals surface area contributed by atoms with E-state index in [-0.39, 0.29) is 0 Å². The molecule has 5 heteroatoms. The van der Waals surface area contributed by atoms with Gasteiger partial charge in [-0.15, -0.1) is 11.8 Å². The Morgan fingerprint density at radius 2 is 1.62 bits per heavy atom. The second-order valence-electron chi connectivity index (χ2n) is 6.41. The first-order valence-electron chi connectivity index (χ1n) is 8.63. The van der Waals surface area contributed by atoms with E-state index in [1.807, 2.05) is 29.9 Å². The van der Waals surface area contributed by atoms with Crippen molar-refractivity contribution in [1.82, 2.24) is 14.5 Å². The maximum Gasteiger partial charge on any atom is 0.146 e. The quantitative estimate of drug-likeness (QED) is 0.554. The van der Waals surface area contributed by atoms with Gasteiger partial charge in [-0.05, 0) is 48.7 Å². The normalized spacial score (nSPS) is 11.1. The molecule has 0 aliphatic carbocycles. The van der Waals surface area contributed by atoms with E-state index in [1.54, 1.807) is 18.0 Å². The Labute approximate surface area is 159 Å². The Morgan fingerprint density at radius 1 is 1.00 bits per heavy atom. The fourth-order valence-electron chi connectivity index (χ4n) is 2.78. The van der Waals surface area contributed by atoms with Gasteiger partial charge >= 0.3 is 0 Å². The number of benzene rings is 2. The standard InChI is InChI=1S/C21H25N3OS/c1-23(15-18-6-10-20(26-3)11-7-18)14-17-4-8-19(9-5-17)25-16-21-22-12-13-24(21)2/h4-13H,14-16H2,1-3H3. The third-order valence-corrected chi connectivity index (χ3v) is 5.02. The summed E-state index contributed by atoms with van der Waals surface area (Å²) in [7, 11) is 4.12. The summed E-state index contributed by atoms with van der Waals surface area (Å²) in [5.74, 6) is 1.79. The van der Waals surface area contributed by atoms with E-state index in [0.717, 1.165) is 24.7 Å². The zero-order valence-corrected chi connectivity index (χ0v) is 16.4. The van der Waals surface area contributed by atoms with Crippen LogP contribution in [0.3, 0.4) is 0 Å². The predicted molar refractivity (Wildman–Crippen MR) is 107 cm³/mol. The SMILES string of the molecule is CSc1ccc(CN(C)Cc2ccc(OCc3nccn3C)cc2)cc1. The fourth-order valence-corrected chi connectivity index (χ4v) is 3.19. The van der Waals surface area contributed by atoms with Crippen LogP contribution in [0.25, 0.3) is 0 Å². The van der Waals surface area contributed by atoms with Crippen molar-refractivity contribution in [3.05, 3.63) is 77.9 Å². The zero-order valence-electron chi connectivity index (χ0n) is 15.6. The van der Waals surface area contributed by atoms with Gasteiger partial charge in [0.25, 0.3) is 0 Å². The van der Waals surface area contributed by atoms with Crippen LogP contribution < -0.4 is 4.74 Å². The van der Waals surface area contributed by atoms with E-state index in [4.69, 9.17) is 4.74 Å². The molecule has 136 valence electrons. The van der Waals surface area contributed by atoms with Crippen molar-refractivity contribution in [1.29, 1.82) is 0 Å². The molecule has 1 heterocycles. The average molecular weight is 368 g/mol. The maximum absolute atomic E-state index is 5.81. The fraction of sp³-hybridized carbons (Fsp3) is 0.286. The van der Waals surface area contributed by atoms with E-state index in [1.165, 1.54) is 16.0 Å². The molecule has 3 aromatic rings. The van der Waals surface area contributed by atoms with E-state index in [2.05, 4.69) is 59.6 Å². The van der Waals surface area contributed by atoms with E-state index in [0.29, 0.717) is 6.61 Å². The molecule has 2 aromatic carbocycles. The second kappa shape index (κ2) is 8.92. The first-order valence-corrected chi connectivity index (χ1v) is 9.86. The number of hydrogen-bond donors (Lipinski definition) is 0. The Bertz CT molecular complexity index is 812. The number of imidazole rings is 1. The highest BCUT2D eigenvalue weighted by atomic mass is 32.2. The molecule has 3 rings (SSSR count). The van der Waals surface area contributed by atoms with Gasteiger partial charge in [-0.25, -0.2) is 4.98 Å². The van der Waals surface area contributed by atoms with Crippen molar-refractivity contribution in [2.75, 3.05) is 13.3 Å². The first-order chi connectivity index (χ1) is 12.6. The summed E-state index contributed by atoms with van der Waals surface area (Å²) < 4.78 is 7.78. The van der Waals surface area contributed by atoms with Crippen molar-refractivity contribution >= 4 is 11.8 Å². The third-order valence-electron chi connectivity index (χ3n) is 4.28. The Kier molecular flexibility index (Phi) is 6.36. The van der Waals surface area contributed by atoms with Crippen LogP contribution in [0, 0.1) is 0 Å². The molecule has 0 amide bonds. The lowest BCUT2D eigenvalue weighted by Gasteiger charge is -2.17.